The van der Waals surface area contributed by atoms with Crippen molar-refractivity contribution < 1.29 is 29.4 Å². The first kappa shape index (κ1) is 23.3. The standard InChI is InChI=1S/C22H22N6O6/c1-12(30)14-7-4-13(5-8-14)6-9-15-24-19(26-33-3)16-20(25-15)28(10-23-16)22-18(32)17(31)21(34-22)27(2)11-29/h4-5,7-8,10-11,17-18,21-22,31-32H,1-3H3,(H,24,25,26)/t17-,18+,21-,22+/m0/s1. The van der Waals surface area contributed by atoms with E-state index in [4.69, 9.17) is 9.57 Å². The van der Waals surface area contributed by atoms with Gasteiger partial charge in [-0.15, -0.1) is 0 Å². The van der Waals surface area contributed by atoms with Crippen LogP contribution in [0.15, 0.2) is 30.6 Å². The number of nitrogens with zero attached hydrogens (tertiary/aromatic N) is 5. The maximum atomic E-state index is 11.4. The summed E-state index contributed by atoms with van der Waals surface area (Å²) in [5.74, 6) is 6.12. The highest BCUT2D eigenvalue weighted by Gasteiger charge is 2.46. The number of ketones is 1. The molecule has 3 aromatic rings. The lowest BCUT2D eigenvalue weighted by atomic mass is 10.1. The molecule has 2 aromatic heterocycles. The van der Waals surface area contributed by atoms with Crippen LogP contribution in [0.1, 0.15) is 34.9 Å². The van der Waals surface area contributed by atoms with Crippen molar-refractivity contribution in [2.75, 3.05) is 19.6 Å². The van der Waals surface area contributed by atoms with Gasteiger partial charge in [-0.2, -0.15) is 4.98 Å². The van der Waals surface area contributed by atoms with Gasteiger partial charge in [0.2, 0.25) is 12.2 Å². The van der Waals surface area contributed by atoms with E-state index in [9.17, 15) is 19.8 Å². The van der Waals surface area contributed by atoms with Crippen LogP contribution in [0.4, 0.5) is 5.82 Å². The Kier molecular flexibility index (Phi) is 6.53. The Labute approximate surface area is 194 Å². The monoisotopic (exact) mass is 466 g/mol. The second-order valence-corrected chi connectivity index (χ2v) is 7.58. The number of ether oxygens (including phenoxy) is 1. The summed E-state index contributed by atoms with van der Waals surface area (Å²) in [5, 5.41) is 20.9. The lowest BCUT2D eigenvalue weighted by molar-refractivity contribution is -0.138. The number of likely N-dealkylation sites (N-methyl/N-ethyl adjacent to an activating group) is 1. The van der Waals surface area contributed by atoms with Gasteiger partial charge in [-0.05, 0) is 25.0 Å². The number of anilines is 1. The van der Waals surface area contributed by atoms with Crippen molar-refractivity contribution in [3.63, 3.8) is 0 Å². The average Bonchev–Trinajstić information content (AvgIpc) is 3.38. The predicted molar refractivity (Wildman–Crippen MR) is 118 cm³/mol. The topological polar surface area (TPSA) is 152 Å². The number of nitrogens with one attached hydrogen (secondary N) is 1. The molecule has 176 valence electrons. The molecule has 0 radical (unpaired) electrons. The van der Waals surface area contributed by atoms with Crippen molar-refractivity contribution in [3.8, 4) is 11.8 Å². The third-order valence-corrected chi connectivity index (χ3v) is 5.29. The van der Waals surface area contributed by atoms with Crippen LogP contribution in [0, 0.1) is 11.8 Å². The van der Waals surface area contributed by atoms with Crippen molar-refractivity contribution in [1.29, 1.82) is 0 Å². The molecule has 3 N–H and O–H groups in total. The minimum Gasteiger partial charge on any atom is -0.385 e. The molecule has 1 aliphatic heterocycles. The fraction of sp³-hybridized carbons (Fsp3) is 0.318. The maximum absolute atomic E-state index is 11.4. The van der Waals surface area contributed by atoms with Crippen molar-refractivity contribution >= 4 is 29.2 Å². The Balaban J connectivity index is 1.73. The number of hydrogen-bond donors (Lipinski definition) is 3. The normalized spacial score (nSPS) is 21.7. The molecule has 34 heavy (non-hydrogen) atoms. The molecule has 4 atom stereocenters. The summed E-state index contributed by atoms with van der Waals surface area (Å²) in [5.41, 5.74) is 4.44. The molecule has 1 aromatic carbocycles. The molecule has 1 saturated heterocycles. The zero-order valence-corrected chi connectivity index (χ0v) is 18.5. The van der Waals surface area contributed by atoms with Gasteiger partial charge in [0.25, 0.3) is 0 Å². The molecule has 0 aliphatic carbocycles. The Hall–Kier alpha value is -3.89. The van der Waals surface area contributed by atoms with E-state index in [0.717, 1.165) is 4.90 Å². The largest absolute Gasteiger partial charge is 0.385 e. The highest BCUT2D eigenvalue weighted by Crippen LogP contribution is 2.33. The van der Waals surface area contributed by atoms with E-state index >= 15 is 0 Å². The molecule has 12 nitrogen and oxygen atoms in total. The van der Waals surface area contributed by atoms with Crippen LogP contribution in [-0.2, 0) is 14.4 Å². The lowest BCUT2D eigenvalue weighted by Gasteiger charge is -2.22. The van der Waals surface area contributed by atoms with E-state index < -0.39 is 24.7 Å². The van der Waals surface area contributed by atoms with Crippen LogP contribution in [0.3, 0.4) is 0 Å². The van der Waals surface area contributed by atoms with Crippen LogP contribution in [0.2, 0.25) is 0 Å². The van der Waals surface area contributed by atoms with E-state index in [1.165, 1.54) is 32.0 Å². The average molecular weight is 466 g/mol. The Morgan fingerprint density at radius 2 is 1.97 bits per heavy atom. The molecule has 1 aliphatic rings. The zero-order chi connectivity index (χ0) is 24.4. The Bertz CT molecular complexity index is 1280. The lowest BCUT2D eigenvalue weighted by Crippen LogP contribution is -2.41. The summed E-state index contributed by atoms with van der Waals surface area (Å²) in [6.07, 6.45) is -2.94. The van der Waals surface area contributed by atoms with Gasteiger partial charge in [-0.3, -0.25) is 19.0 Å². The molecular formula is C22H22N6O6. The third kappa shape index (κ3) is 4.33. The van der Waals surface area contributed by atoms with E-state index in [1.807, 2.05) is 0 Å². The molecule has 3 heterocycles. The second kappa shape index (κ2) is 9.54. The molecule has 4 rings (SSSR count). The van der Waals surface area contributed by atoms with Gasteiger partial charge in [-0.1, -0.05) is 18.1 Å². The summed E-state index contributed by atoms with van der Waals surface area (Å²) < 4.78 is 7.16. The fourth-order valence-corrected chi connectivity index (χ4v) is 3.51. The molecule has 12 heteroatoms. The number of aliphatic hydroxyl groups is 2. The highest BCUT2D eigenvalue weighted by atomic mass is 16.6. The smallest absolute Gasteiger partial charge is 0.211 e. The number of imidazole rings is 1. The third-order valence-electron chi connectivity index (χ3n) is 5.29. The SMILES string of the molecule is CONc1nc(C#Cc2ccc(C(C)=O)cc2)nc2c1ncn2[C@@H]1O[C@H](N(C)C=O)[C@@H](O)[C@H]1O. The Morgan fingerprint density at radius 1 is 1.24 bits per heavy atom. The van der Waals surface area contributed by atoms with E-state index in [0.29, 0.717) is 23.1 Å². The number of Topliss-reactive ketones (excluding diaryl/α,β-unsaturated/α-hetero) is 1. The van der Waals surface area contributed by atoms with Crippen molar-refractivity contribution in [3.05, 3.63) is 47.5 Å². The van der Waals surface area contributed by atoms with Crippen molar-refractivity contribution in [1.82, 2.24) is 24.4 Å². The molecule has 0 spiro atoms. The predicted octanol–water partition coefficient (Wildman–Crippen LogP) is 0.0669. The van der Waals surface area contributed by atoms with E-state index in [1.54, 1.807) is 24.3 Å². The number of fused-ring (bicyclic) bond motifs is 1. The first-order valence-electron chi connectivity index (χ1n) is 10.2. The quantitative estimate of drug-likeness (QED) is 0.197. The second-order valence-electron chi connectivity index (χ2n) is 7.58. The number of aliphatic hydroxyl groups excluding tert-OH is 2. The van der Waals surface area contributed by atoms with Crippen molar-refractivity contribution in [2.24, 2.45) is 0 Å². The van der Waals surface area contributed by atoms with Crippen LogP contribution in [0.5, 0.6) is 0 Å². The molecule has 1 fully saturated rings. The van der Waals surface area contributed by atoms with Crippen molar-refractivity contribution in [2.45, 2.75) is 31.6 Å². The summed E-state index contributed by atoms with van der Waals surface area (Å²) in [7, 11) is 2.84. The minimum atomic E-state index is -1.35. The van der Waals surface area contributed by atoms with Gasteiger partial charge in [0.1, 0.15) is 12.2 Å². The van der Waals surface area contributed by atoms with Gasteiger partial charge in [0.15, 0.2) is 35.2 Å². The summed E-state index contributed by atoms with van der Waals surface area (Å²) >= 11 is 0. The molecule has 0 unspecified atom stereocenters. The zero-order valence-electron chi connectivity index (χ0n) is 18.5. The molecule has 0 bridgehead atoms. The maximum Gasteiger partial charge on any atom is 0.211 e. The van der Waals surface area contributed by atoms with Crippen LogP contribution < -0.4 is 5.48 Å². The van der Waals surface area contributed by atoms with Gasteiger partial charge in [0.05, 0.1) is 13.4 Å². The summed E-state index contributed by atoms with van der Waals surface area (Å²) in [6.45, 7) is 1.49. The summed E-state index contributed by atoms with van der Waals surface area (Å²) in [4.78, 5) is 41.7. The first-order chi connectivity index (χ1) is 16.3. The highest BCUT2D eigenvalue weighted by molar-refractivity contribution is 5.94. The minimum absolute atomic E-state index is 0.0418. The fourth-order valence-electron chi connectivity index (χ4n) is 3.51. The number of amides is 1. The molecular weight excluding hydrogens is 444 g/mol. The van der Waals surface area contributed by atoms with Gasteiger partial charge < -0.3 is 19.8 Å². The molecule has 1 amide bonds. The summed E-state index contributed by atoms with van der Waals surface area (Å²) in [6, 6.07) is 6.80. The van der Waals surface area contributed by atoms with E-state index in [-0.39, 0.29) is 23.1 Å². The van der Waals surface area contributed by atoms with Gasteiger partial charge in [0, 0.05) is 18.2 Å². The number of carbonyl (C=O) groups excluding carboxylic acids is 2. The number of hydrogen-bond acceptors (Lipinski definition) is 10. The van der Waals surface area contributed by atoms with Crippen LogP contribution in [-0.4, -0.2) is 79.4 Å². The molecule has 0 saturated carbocycles. The van der Waals surface area contributed by atoms with E-state index in [2.05, 4.69) is 32.3 Å². The van der Waals surface area contributed by atoms with Crippen LogP contribution >= 0.6 is 0 Å². The number of benzene rings is 1. The van der Waals surface area contributed by atoms with Gasteiger partial charge >= 0.3 is 0 Å². The number of carbonyl (C=O) groups is 2. The van der Waals surface area contributed by atoms with Gasteiger partial charge in [-0.25, -0.2) is 15.4 Å². The van der Waals surface area contributed by atoms with Crippen LogP contribution in [0.25, 0.3) is 11.2 Å². The number of aromatic nitrogens is 4. The first-order valence-corrected chi connectivity index (χ1v) is 10.2. The number of rotatable bonds is 6. The Morgan fingerprint density at radius 3 is 2.62 bits per heavy atom.